The highest BCUT2D eigenvalue weighted by molar-refractivity contribution is 6.30. The molecular formula is C15H20ClNO2. The molecule has 104 valence electrons. The summed E-state index contributed by atoms with van der Waals surface area (Å²) in [5.41, 5.74) is 0.592. The summed E-state index contributed by atoms with van der Waals surface area (Å²) >= 11 is 5.83. The van der Waals surface area contributed by atoms with Crippen LogP contribution in [0.3, 0.4) is 0 Å². The smallest absolute Gasteiger partial charge is 0.314 e. The van der Waals surface area contributed by atoms with E-state index < -0.39 is 0 Å². The van der Waals surface area contributed by atoms with Crippen molar-refractivity contribution in [3.05, 3.63) is 34.9 Å². The van der Waals surface area contributed by atoms with Gasteiger partial charge in [0.1, 0.15) is 6.61 Å². The first-order chi connectivity index (χ1) is 9.04. The molecule has 0 aromatic heterocycles. The summed E-state index contributed by atoms with van der Waals surface area (Å²) in [5, 5.41) is 3.95. The average molecular weight is 282 g/mol. The van der Waals surface area contributed by atoms with Crippen LogP contribution in [0, 0.1) is 11.3 Å². The molecule has 1 heterocycles. The van der Waals surface area contributed by atoms with Crippen molar-refractivity contribution in [2.24, 2.45) is 11.3 Å². The minimum Gasteiger partial charge on any atom is -0.460 e. The fourth-order valence-electron chi connectivity index (χ4n) is 2.49. The lowest BCUT2D eigenvalue weighted by Crippen LogP contribution is -2.39. The van der Waals surface area contributed by atoms with Crippen LogP contribution in [-0.2, 0) is 16.1 Å². The van der Waals surface area contributed by atoms with Gasteiger partial charge in [0.2, 0.25) is 0 Å². The number of halogens is 1. The molecular weight excluding hydrogens is 262 g/mol. The second kappa shape index (κ2) is 5.93. The number of ether oxygens (including phenoxy) is 1. The first kappa shape index (κ1) is 14.4. The van der Waals surface area contributed by atoms with Gasteiger partial charge in [-0.25, -0.2) is 0 Å². The number of rotatable bonds is 4. The van der Waals surface area contributed by atoms with E-state index in [0.29, 0.717) is 18.2 Å². The zero-order chi connectivity index (χ0) is 13.9. The molecule has 4 heteroatoms. The second-order valence-corrected chi connectivity index (χ2v) is 5.88. The van der Waals surface area contributed by atoms with Gasteiger partial charge >= 0.3 is 5.97 Å². The van der Waals surface area contributed by atoms with Crippen molar-refractivity contribution >= 4 is 17.6 Å². The molecule has 0 amide bonds. The number of hydrogen-bond donors (Lipinski definition) is 1. The molecule has 1 aliphatic rings. The van der Waals surface area contributed by atoms with Crippen LogP contribution in [0.4, 0.5) is 0 Å². The van der Waals surface area contributed by atoms with Crippen molar-refractivity contribution in [3.63, 3.8) is 0 Å². The number of carbonyl (C=O) groups excluding carboxylic acids is 1. The Kier molecular flexibility index (Phi) is 4.48. The van der Waals surface area contributed by atoms with E-state index in [1.807, 2.05) is 12.1 Å². The van der Waals surface area contributed by atoms with Crippen molar-refractivity contribution in [2.75, 3.05) is 13.1 Å². The third kappa shape index (κ3) is 3.10. The van der Waals surface area contributed by atoms with Crippen LogP contribution in [0.2, 0.25) is 5.02 Å². The van der Waals surface area contributed by atoms with Crippen molar-refractivity contribution < 1.29 is 9.53 Å². The summed E-state index contributed by atoms with van der Waals surface area (Å²) < 4.78 is 5.49. The number of hydrogen-bond acceptors (Lipinski definition) is 3. The van der Waals surface area contributed by atoms with E-state index in [-0.39, 0.29) is 17.3 Å². The van der Waals surface area contributed by atoms with Crippen LogP contribution < -0.4 is 5.32 Å². The van der Waals surface area contributed by atoms with E-state index in [9.17, 15) is 4.79 Å². The molecule has 1 N–H and O–H groups in total. The van der Waals surface area contributed by atoms with E-state index in [2.05, 4.69) is 19.2 Å². The van der Waals surface area contributed by atoms with Gasteiger partial charge in [0.05, 0.1) is 5.41 Å². The maximum absolute atomic E-state index is 12.4. The maximum Gasteiger partial charge on any atom is 0.314 e. The number of nitrogens with one attached hydrogen (secondary N) is 1. The third-order valence-electron chi connectivity index (χ3n) is 3.98. The number of esters is 1. The van der Waals surface area contributed by atoms with Gasteiger partial charge in [0.15, 0.2) is 0 Å². The first-order valence-electron chi connectivity index (χ1n) is 6.67. The molecule has 0 spiro atoms. The molecule has 3 nitrogen and oxygen atoms in total. The molecule has 1 atom stereocenters. The Morgan fingerprint density at radius 1 is 1.42 bits per heavy atom. The highest BCUT2D eigenvalue weighted by Gasteiger charge is 2.45. The highest BCUT2D eigenvalue weighted by atomic mass is 35.5. The van der Waals surface area contributed by atoms with Gasteiger partial charge in [-0.05, 0) is 36.6 Å². The van der Waals surface area contributed by atoms with Crippen molar-refractivity contribution in [3.8, 4) is 0 Å². The Morgan fingerprint density at radius 3 is 2.63 bits per heavy atom. The lowest BCUT2D eigenvalue weighted by atomic mass is 9.76. The van der Waals surface area contributed by atoms with Crippen LogP contribution in [0.5, 0.6) is 0 Å². The van der Waals surface area contributed by atoms with E-state index in [0.717, 1.165) is 18.5 Å². The first-order valence-corrected chi connectivity index (χ1v) is 7.05. The van der Waals surface area contributed by atoms with Gasteiger partial charge in [0.25, 0.3) is 0 Å². The zero-order valence-electron chi connectivity index (χ0n) is 11.4. The van der Waals surface area contributed by atoms with E-state index in [1.54, 1.807) is 12.1 Å². The average Bonchev–Trinajstić information content (AvgIpc) is 2.88. The summed E-state index contributed by atoms with van der Waals surface area (Å²) in [6, 6.07) is 7.37. The Morgan fingerprint density at radius 2 is 2.11 bits per heavy atom. The summed E-state index contributed by atoms with van der Waals surface area (Å²) in [7, 11) is 0. The SMILES string of the molecule is CC(C)C1(C(=O)OCc2ccc(Cl)cc2)CCNC1. The summed E-state index contributed by atoms with van der Waals surface area (Å²) in [4.78, 5) is 12.4. The minimum absolute atomic E-state index is 0.0950. The largest absolute Gasteiger partial charge is 0.460 e. The molecule has 1 aliphatic heterocycles. The topological polar surface area (TPSA) is 38.3 Å². The summed E-state index contributed by atoms with van der Waals surface area (Å²) in [6.45, 7) is 6.07. The second-order valence-electron chi connectivity index (χ2n) is 5.44. The van der Waals surface area contributed by atoms with Gasteiger partial charge in [-0.15, -0.1) is 0 Å². The van der Waals surface area contributed by atoms with Crippen LogP contribution in [0.25, 0.3) is 0 Å². The Hall–Kier alpha value is -1.06. The van der Waals surface area contributed by atoms with Gasteiger partial charge in [-0.3, -0.25) is 4.79 Å². The van der Waals surface area contributed by atoms with Gasteiger partial charge < -0.3 is 10.1 Å². The highest BCUT2D eigenvalue weighted by Crippen LogP contribution is 2.35. The van der Waals surface area contributed by atoms with E-state index >= 15 is 0 Å². The summed E-state index contributed by atoms with van der Waals surface area (Å²) in [5.74, 6) is 0.183. The minimum atomic E-state index is -0.369. The Balaban J connectivity index is 1.98. The Labute approximate surface area is 119 Å². The van der Waals surface area contributed by atoms with Crippen LogP contribution in [-0.4, -0.2) is 19.1 Å². The molecule has 1 unspecified atom stereocenters. The lowest BCUT2D eigenvalue weighted by Gasteiger charge is -2.29. The van der Waals surface area contributed by atoms with Crippen LogP contribution >= 0.6 is 11.6 Å². The predicted molar refractivity (Wildman–Crippen MR) is 76.0 cm³/mol. The summed E-state index contributed by atoms with van der Waals surface area (Å²) in [6.07, 6.45) is 0.851. The molecule has 2 rings (SSSR count). The van der Waals surface area contributed by atoms with Crippen molar-refractivity contribution in [2.45, 2.75) is 26.9 Å². The van der Waals surface area contributed by atoms with E-state index in [1.165, 1.54) is 0 Å². The van der Waals surface area contributed by atoms with Gasteiger partial charge in [0, 0.05) is 11.6 Å². The molecule has 0 aliphatic carbocycles. The number of carbonyl (C=O) groups is 1. The van der Waals surface area contributed by atoms with E-state index in [4.69, 9.17) is 16.3 Å². The zero-order valence-corrected chi connectivity index (χ0v) is 12.2. The van der Waals surface area contributed by atoms with Gasteiger partial charge in [-0.2, -0.15) is 0 Å². The fraction of sp³-hybridized carbons (Fsp3) is 0.533. The monoisotopic (exact) mass is 281 g/mol. The molecule has 1 fully saturated rings. The molecule has 0 radical (unpaired) electrons. The lowest BCUT2D eigenvalue weighted by molar-refractivity contribution is -0.159. The molecule has 19 heavy (non-hydrogen) atoms. The fourth-order valence-corrected chi connectivity index (χ4v) is 2.61. The standard InChI is InChI=1S/C15H20ClNO2/c1-11(2)15(7-8-17-10-15)14(18)19-9-12-3-5-13(16)6-4-12/h3-6,11,17H,7-10H2,1-2H3. The number of benzene rings is 1. The third-order valence-corrected chi connectivity index (χ3v) is 4.24. The molecule has 1 aromatic carbocycles. The van der Waals surface area contributed by atoms with Crippen LogP contribution in [0.15, 0.2) is 24.3 Å². The molecule has 0 saturated carbocycles. The van der Waals surface area contributed by atoms with Gasteiger partial charge in [-0.1, -0.05) is 37.6 Å². The molecule has 1 aromatic rings. The quantitative estimate of drug-likeness (QED) is 0.862. The normalized spacial score (nSPS) is 22.7. The van der Waals surface area contributed by atoms with Crippen molar-refractivity contribution in [1.82, 2.24) is 5.32 Å². The molecule has 1 saturated heterocycles. The molecule has 0 bridgehead atoms. The predicted octanol–water partition coefficient (Wildman–Crippen LogP) is 3.02. The Bertz CT molecular complexity index is 436. The van der Waals surface area contributed by atoms with Crippen LogP contribution in [0.1, 0.15) is 25.8 Å². The van der Waals surface area contributed by atoms with Crippen molar-refractivity contribution in [1.29, 1.82) is 0 Å². The maximum atomic E-state index is 12.4.